The highest BCUT2D eigenvalue weighted by Crippen LogP contribution is 2.33. The van der Waals surface area contributed by atoms with Gasteiger partial charge < -0.3 is 44.4 Å². The molecule has 2 aromatic rings. The number of aryl methyl sites for hydroxylation is 1. The highest BCUT2D eigenvalue weighted by Gasteiger charge is 2.46. The van der Waals surface area contributed by atoms with Crippen molar-refractivity contribution in [2.24, 2.45) is 0 Å². The number of rotatable bonds is 6. The fourth-order valence-corrected chi connectivity index (χ4v) is 4.16. The van der Waals surface area contributed by atoms with Crippen LogP contribution in [0.25, 0.3) is 0 Å². The van der Waals surface area contributed by atoms with Crippen LogP contribution >= 0.6 is 0 Å². The lowest BCUT2D eigenvalue weighted by molar-refractivity contribution is -0.0626. The summed E-state index contributed by atoms with van der Waals surface area (Å²) in [6.07, 6.45) is -4.55. The Kier molecular flexibility index (Phi) is 9.32. The van der Waals surface area contributed by atoms with Gasteiger partial charge in [0, 0.05) is 32.2 Å². The third-order valence-electron chi connectivity index (χ3n) is 6.13. The molecule has 16 nitrogen and oxygen atoms in total. The van der Waals surface area contributed by atoms with Crippen LogP contribution in [0.5, 0.6) is 0 Å². The van der Waals surface area contributed by atoms with Crippen LogP contribution < -0.4 is 22.5 Å². The normalized spacial score (nSPS) is 31.2. The van der Waals surface area contributed by atoms with Gasteiger partial charge in [-0.2, -0.15) is 0 Å². The Balaban J connectivity index is 0.000000206. The van der Waals surface area contributed by atoms with E-state index in [0.29, 0.717) is 5.56 Å². The van der Waals surface area contributed by atoms with Crippen molar-refractivity contribution < 1.29 is 39.4 Å². The summed E-state index contributed by atoms with van der Waals surface area (Å²) in [4.78, 5) is 52.2. The first-order valence-corrected chi connectivity index (χ1v) is 11.2. The molecule has 4 heterocycles. The number of nitrogens with zero attached hydrogens (tertiary/aromatic N) is 1. The molecule has 7 N–H and O–H groups in total. The zero-order chi connectivity index (χ0) is 27.4. The molecule has 0 aliphatic carbocycles. The summed E-state index contributed by atoms with van der Waals surface area (Å²) < 4.78 is 22.1. The molecule has 16 heteroatoms. The molecule has 4 rings (SSSR count). The SMILES string of the molecule is CO[C@@H]1[C@H](O)[C@@H](CO)O[C@H]1c1c[nH]c(=O)[nH]c1=O.CO[C@@H]1[C@H](O)[C@@H](CO)O[C@H]1n1cc(C)c(=O)[nH]c1=O. The zero-order valence-electron chi connectivity index (χ0n) is 20.2. The number of methoxy groups -OCH3 is 2. The molecule has 2 saturated heterocycles. The number of aliphatic hydroxyl groups is 4. The maximum Gasteiger partial charge on any atom is 0.330 e. The van der Waals surface area contributed by atoms with E-state index in [2.05, 4.69) is 15.0 Å². The van der Waals surface area contributed by atoms with Gasteiger partial charge in [-0.25, -0.2) is 9.59 Å². The molecule has 8 atom stereocenters. The van der Waals surface area contributed by atoms with E-state index in [1.807, 2.05) is 0 Å². The summed E-state index contributed by atoms with van der Waals surface area (Å²) in [6, 6.07) is 0. The molecular weight excluding hydrogens is 500 g/mol. The van der Waals surface area contributed by atoms with E-state index < -0.39 is 84.7 Å². The van der Waals surface area contributed by atoms with Crippen LogP contribution in [0, 0.1) is 6.92 Å². The summed E-state index contributed by atoms with van der Waals surface area (Å²) in [5.74, 6) is 0. The van der Waals surface area contributed by atoms with Crippen LogP contribution in [0.2, 0.25) is 0 Å². The Morgan fingerprint density at radius 3 is 2.08 bits per heavy atom. The number of nitrogens with one attached hydrogen (secondary N) is 3. The highest BCUT2D eigenvalue weighted by atomic mass is 16.6. The quantitative estimate of drug-likeness (QED) is 0.189. The van der Waals surface area contributed by atoms with Crippen LogP contribution in [-0.4, -0.2) is 104 Å². The Bertz CT molecular complexity index is 1290. The number of aromatic amines is 3. The smallest absolute Gasteiger partial charge is 0.330 e. The third kappa shape index (κ3) is 5.81. The Morgan fingerprint density at radius 1 is 0.919 bits per heavy atom. The number of hydrogen-bond donors (Lipinski definition) is 7. The van der Waals surface area contributed by atoms with E-state index in [0.717, 1.165) is 4.57 Å². The predicted octanol–water partition coefficient (Wildman–Crippen LogP) is -4.02. The van der Waals surface area contributed by atoms with Crippen molar-refractivity contribution >= 4 is 0 Å². The van der Waals surface area contributed by atoms with Crippen LogP contribution in [0.1, 0.15) is 23.5 Å². The molecule has 0 unspecified atom stereocenters. The molecule has 2 aliphatic heterocycles. The molecule has 2 fully saturated rings. The van der Waals surface area contributed by atoms with Gasteiger partial charge in [0.1, 0.15) is 42.7 Å². The molecule has 206 valence electrons. The van der Waals surface area contributed by atoms with Crippen molar-refractivity contribution in [2.45, 2.75) is 55.9 Å². The van der Waals surface area contributed by atoms with Gasteiger partial charge >= 0.3 is 11.4 Å². The van der Waals surface area contributed by atoms with Crippen LogP contribution in [0.3, 0.4) is 0 Å². The van der Waals surface area contributed by atoms with Gasteiger partial charge in [-0.05, 0) is 6.92 Å². The molecule has 0 saturated carbocycles. The van der Waals surface area contributed by atoms with Gasteiger partial charge in [-0.1, -0.05) is 0 Å². The standard InChI is InChI=1S/C11H16N2O6.C10H14N2O6/c1-5-3-13(11(17)12-9(5)16)10-8(18-2)7(15)6(4-14)19-10;1-17-8-6(14)5(3-13)18-7(8)4-2-11-10(16)12-9(4)15/h3,6-8,10,14-15H,4H2,1-2H3,(H,12,16,17);2,5-8,13-14H,3H2,1H3,(H2,11,12,15,16)/t6-,7-,8-,10-;5-,6-,7+,8-/m11/s1. The second kappa shape index (κ2) is 12.1. The fourth-order valence-electron chi connectivity index (χ4n) is 4.16. The zero-order valence-corrected chi connectivity index (χ0v) is 20.2. The van der Waals surface area contributed by atoms with Crippen LogP contribution in [0.4, 0.5) is 0 Å². The average Bonchev–Trinajstić information content (AvgIpc) is 3.36. The minimum atomic E-state index is -1.06. The number of aromatic nitrogens is 4. The minimum absolute atomic E-state index is 0.136. The van der Waals surface area contributed by atoms with E-state index in [4.69, 9.17) is 29.2 Å². The van der Waals surface area contributed by atoms with Gasteiger partial charge in [0.15, 0.2) is 6.23 Å². The molecule has 0 spiro atoms. The highest BCUT2D eigenvalue weighted by molar-refractivity contribution is 5.13. The number of hydrogen-bond acceptors (Lipinski definition) is 12. The van der Waals surface area contributed by atoms with E-state index in [9.17, 15) is 29.4 Å². The van der Waals surface area contributed by atoms with E-state index in [1.54, 1.807) is 6.92 Å². The van der Waals surface area contributed by atoms with Crippen molar-refractivity contribution in [2.75, 3.05) is 27.4 Å². The minimum Gasteiger partial charge on any atom is -0.394 e. The largest absolute Gasteiger partial charge is 0.394 e. The first-order valence-electron chi connectivity index (χ1n) is 11.2. The number of aliphatic hydroxyl groups excluding tert-OH is 4. The summed E-state index contributed by atoms with van der Waals surface area (Å²) in [6.45, 7) is 0.763. The number of ether oxygens (including phenoxy) is 4. The lowest BCUT2D eigenvalue weighted by Gasteiger charge is -2.20. The molecule has 0 aromatic carbocycles. The molecule has 0 bridgehead atoms. The summed E-state index contributed by atoms with van der Waals surface area (Å²) in [5.41, 5.74) is -1.91. The Hall–Kier alpha value is -2.96. The van der Waals surface area contributed by atoms with Crippen LogP contribution in [-0.2, 0) is 18.9 Å². The maximum absolute atomic E-state index is 11.8. The van der Waals surface area contributed by atoms with E-state index in [-0.39, 0.29) is 5.56 Å². The van der Waals surface area contributed by atoms with Crippen molar-refractivity contribution in [1.82, 2.24) is 19.5 Å². The molecule has 0 radical (unpaired) electrons. The van der Waals surface area contributed by atoms with Crippen molar-refractivity contribution in [3.05, 3.63) is 65.2 Å². The first-order chi connectivity index (χ1) is 17.6. The van der Waals surface area contributed by atoms with Gasteiger partial charge in [0.05, 0.1) is 18.8 Å². The summed E-state index contributed by atoms with van der Waals surface area (Å²) in [5, 5.41) is 37.9. The van der Waals surface area contributed by atoms with Crippen LogP contribution in [0.15, 0.2) is 31.6 Å². The Morgan fingerprint density at radius 2 is 1.51 bits per heavy atom. The predicted molar refractivity (Wildman–Crippen MR) is 123 cm³/mol. The second-order valence-corrected chi connectivity index (χ2v) is 8.41. The van der Waals surface area contributed by atoms with Gasteiger partial charge in [-0.3, -0.25) is 24.1 Å². The number of H-pyrrole nitrogens is 3. The molecule has 37 heavy (non-hydrogen) atoms. The monoisotopic (exact) mass is 530 g/mol. The Labute approximate surface area is 208 Å². The lowest BCUT2D eigenvalue weighted by Crippen LogP contribution is -2.39. The van der Waals surface area contributed by atoms with E-state index >= 15 is 0 Å². The lowest BCUT2D eigenvalue weighted by atomic mass is 10.0. The summed E-state index contributed by atoms with van der Waals surface area (Å²) >= 11 is 0. The molecule has 2 aromatic heterocycles. The first kappa shape index (κ1) is 28.6. The van der Waals surface area contributed by atoms with Crippen molar-refractivity contribution in [1.29, 1.82) is 0 Å². The fraction of sp³-hybridized carbons (Fsp3) is 0.619. The van der Waals surface area contributed by atoms with Gasteiger partial charge in [0.2, 0.25) is 0 Å². The molecular formula is C21H30N4O12. The molecule has 2 aliphatic rings. The average molecular weight is 530 g/mol. The van der Waals surface area contributed by atoms with E-state index in [1.165, 1.54) is 26.6 Å². The van der Waals surface area contributed by atoms with Gasteiger partial charge in [-0.15, -0.1) is 0 Å². The summed E-state index contributed by atoms with van der Waals surface area (Å²) in [7, 11) is 2.73. The second-order valence-electron chi connectivity index (χ2n) is 8.41. The molecule has 0 amide bonds. The maximum atomic E-state index is 11.8. The van der Waals surface area contributed by atoms with Gasteiger partial charge in [0.25, 0.3) is 11.1 Å². The van der Waals surface area contributed by atoms with Crippen molar-refractivity contribution in [3.63, 3.8) is 0 Å². The topological polar surface area (TPSA) is 238 Å². The van der Waals surface area contributed by atoms with Crippen molar-refractivity contribution in [3.8, 4) is 0 Å². The third-order valence-corrected chi connectivity index (χ3v) is 6.13.